The molecule has 0 saturated carbocycles. The summed E-state index contributed by atoms with van der Waals surface area (Å²) in [5.74, 6) is 0.128. The van der Waals surface area contributed by atoms with Crippen molar-refractivity contribution in [1.82, 2.24) is 4.98 Å². The minimum Gasteiger partial charge on any atom is -0.507 e. The summed E-state index contributed by atoms with van der Waals surface area (Å²) in [6, 6.07) is 12.6. The second-order valence-corrected chi connectivity index (χ2v) is 5.27. The van der Waals surface area contributed by atoms with Crippen LogP contribution in [0.3, 0.4) is 0 Å². The summed E-state index contributed by atoms with van der Waals surface area (Å²) in [6.45, 7) is 0. The van der Waals surface area contributed by atoms with Gasteiger partial charge in [-0.25, -0.2) is 0 Å². The number of anilines is 2. The molecule has 0 radical (unpaired) electrons. The molecule has 2 aromatic carbocycles. The molecule has 1 heterocycles. The molecule has 0 amide bonds. The number of pyridine rings is 1. The number of oxime groups is 1. The van der Waals surface area contributed by atoms with Gasteiger partial charge in [0.15, 0.2) is 0 Å². The van der Waals surface area contributed by atoms with Gasteiger partial charge in [0.05, 0.1) is 11.7 Å². The van der Waals surface area contributed by atoms with Crippen molar-refractivity contribution in [2.24, 2.45) is 5.16 Å². The lowest BCUT2D eigenvalue weighted by atomic mass is 10.1. The van der Waals surface area contributed by atoms with Crippen LogP contribution in [0.2, 0.25) is 5.02 Å². The molecule has 0 aliphatic carbocycles. The predicted octanol–water partition coefficient (Wildman–Crippen LogP) is 4.32. The lowest BCUT2D eigenvalue weighted by Gasteiger charge is -2.11. The van der Waals surface area contributed by atoms with Gasteiger partial charge in [-0.15, -0.1) is 0 Å². The highest BCUT2D eigenvalue weighted by Crippen LogP contribution is 2.28. The van der Waals surface area contributed by atoms with Crippen LogP contribution in [0.25, 0.3) is 10.9 Å². The lowest BCUT2D eigenvalue weighted by Crippen LogP contribution is -1.94. The van der Waals surface area contributed by atoms with Crippen LogP contribution in [0.1, 0.15) is 5.56 Å². The van der Waals surface area contributed by atoms with Gasteiger partial charge in [0.1, 0.15) is 12.9 Å². The van der Waals surface area contributed by atoms with Crippen LogP contribution in [-0.4, -0.2) is 23.4 Å². The zero-order valence-corrected chi connectivity index (χ0v) is 13.1. The van der Waals surface area contributed by atoms with E-state index in [2.05, 4.69) is 20.3 Å². The number of benzene rings is 2. The molecular weight excluding hydrogens is 314 g/mol. The van der Waals surface area contributed by atoms with Gasteiger partial charge >= 0.3 is 0 Å². The van der Waals surface area contributed by atoms with E-state index in [1.165, 1.54) is 13.3 Å². The number of halogens is 1. The molecule has 3 rings (SSSR count). The van der Waals surface area contributed by atoms with Crippen molar-refractivity contribution in [2.75, 3.05) is 12.4 Å². The summed E-state index contributed by atoms with van der Waals surface area (Å²) in [5, 5.41) is 18.4. The molecule has 0 bridgehead atoms. The summed E-state index contributed by atoms with van der Waals surface area (Å²) in [6.07, 6.45) is 3.17. The van der Waals surface area contributed by atoms with Gasteiger partial charge in [-0.2, -0.15) is 0 Å². The maximum Gasteiger partial charge on any atom is 0.124 e. The van der Waals surface area contributed by atoms with Crippen LogP contribution in [0, 0.1) is 0 Å². The zero-order chi connectivity index (χ0) is 16.2. The normalized spacial score (nSPS) is 11.0. The van der Waals surface area contributed by atoms with E-state index >= 15 is 0 Å². The van der Waals surface area contributed by atoms with E-state index in [0.29, 0.717) is 10.6 Å². The van der Waals surface area contributed by atoms with Crippen LogP contribution >= 0.6 is 11.6 Å². The first kappa shape index (κ1) is 15.1. The Balaban J connectivity index is 1.98. The van der Waals surface area contributed by atoms with E-state index < -0.39 is 0 Å². The van der Waals surface area contributed by atoms with Gasteiger partial charge in [-0.3, -0.25) is 4.98 Å². The number of hydrogen-bond donors (Lipinski definition) is 2. The smallest absolute Gasteiger partial charge is 0.124 e. The molecule has 3 aromatic rings. The second kappa shape index (κ2) is 6.54. The fourth-order valence-electron chi connectivity index (χ4n) is 2.23. The van der Waals surface area contributed by atoms with Crippen molar-refractivity contribution in [2.45, 2.75) is 0 Å². The van der Waals surface area contributed by atoms with E-state index in [0.717, 1.165) is 22.3 Å². The van der Waals surface area contributed by atoms with Gasteiger partial charge in [0, 0.05) is 33.5 Å². The van der Waals surface area contributed by atoms with Crippen molar-refractivity contribution in [1.29, 1.82) is 0 Å². The molecule has 1 aromatic heterocycles. The van der Waals surface area contributed by atoms with Gasteiger partial charge in [-0.05, 0) is 42.5 Å². The highest BCUT2D eigenvalue weighted by atomic mass is 35.5. The van der Waals surface area contributed by atoms with Crippen molar-refractivity contribution >= 4 is 40.1 Å². The van der Waals surface area contributed by atoms with E-state index in [9.17, 15) is 5.11 Å². The van der Waals surface area contributed by atoms with Gasteiger partial charge in [-0.1, -0.05) is 16.8 Å². The van der Waals surface area contributed by atoms with Crippen LogP contribution in [-0.2, 0) is 4.84 Å². The lowest BCUT2D eigenvalue weighted by molar-refractivity contribution is 0.215. The largest absolute Gasteiger partial charge is 0.507 e. The van der Waals surface area contributed by atoms with Crippen LogP contribution < -0.4 is 5.32 Å². The Labute approximate surface area is 138 Å². The Bertz CT molecular complexity index is 881. The van der Waals surface area contributed by atoms with Crippen molar-refractivity contribution in [3.63, 3.8) is 0 Å². The first-order chi connectivity index (χ1) is 11.2. The average molecular weight is 328 g/mol. The van der Waals surface area contributed by atoms with E-state index in [4.69, 9.17) is 11.6 Å². The molecule has 0 saturated heterocycles. The molecule has 0 aliphatic rings. The number of nitrogens with zero attached hydrogens (tertiary/aromatic N) is 2. The first-order valence-corrected chi connectivity index (χ1v) is 7.26. The Hall–Kier alpha value is -2.79. The maximum absolute atomic E-state index is 9.83. The van der Waals surface area contributed by atoms with Crippen LogP contribution in [0.4, 0.5) is 11.4 Å². The zero-order valence-electron chi connectivity index (χ0n) is 12.3. The third-order valence-electron chi connectivity index (χ3n) is 3.31. The molecule has 0 aliphatic heterocycles. The van der Waals surface area contributed by atoms with E-state index in [1.54, 1.807) is 24.4 Å². The fraction of sp³-hybridized carbons (Fsp3) is 0.0588. The summed E-state index contributed by atoms with van der Waals surface area (Å²) >= 11 is 6.00. The number of aromatic hydroxyl groups is 1. The molecule has 6 heteroatoms. The number of phenolic OH excluding ortho intramolecular Hbond substituents is 1. The minimum atomic E-state index is 0.128. The molecule has 0 fully saturated rings. The van der Waals surface area contributed by atoms with Gasteiger partial charge < -0.3 is 15.3 Å². The van der Waals surface area contributed by atoms with Crippen LogP contribution in [0.15, 0.2) is 53.8 Å². The predicted molar refractivity (Wildman–Crippen MR) is 92.7 cm³/mol. The van der Waals surface area contributed by atoms with Gasteiger partial charge in [0.2, 0.25) is 0 Å². The first-order valence-electron chi connectivity index (χ1n) is 6.88. The SMILES string of the molecule is CO/N=C/c1cc(Nc2ccnc3cc(Cl)ccc23)ccc1O. The van der Waals surface area contributed by atoms with Crippen molar-refractivity contribution < 1.29 is 9.94 Å². The summed E-state index contributed by atoms with van der Waals surface area (Å²) < 4.78 is 0. The highest BCUT2D eigenvalue weighted by molar-refractivity contribution is 6.31. The summed E-state index contributed by atoms with van der Waals surface area (Å²) in [7, 11) is 1.45. The summed E-state index contributed by atoms with van der Waals surface area (Å²) in [5.41, 5.74) is 3.07. The monoisotopic (exact) mass is 327 g/mol. The summed E-state index contributed by atoms with van der Waals surface area (Å²) in [4.78, 5) is 8.96. The van der Waals surface area contributed by atoms with Crippen LogP contribution in [0.5, 0.6) is 5.75 Å². The molecule has 116 valence electrons. The second-order valence-electron chi connectivity index (χ2n) is 4.84. The van der Waals surface area contributed by atoms with E-state index in [-0.39, 0.29) is 5.75 Å². The fourth-order valence-corrected chi connectivity index (χ4v) is 2.40. The number of nitrogens with one attached hydrogen (secondary N) is 1. The molecule has 23 heavy (non-hydrogen) atoms. The molecule has 5 nitrogen and oxygen atoms in total. The maximum atomic E-state index is 9.83. The topological polar surface area (TPSA) is 66.7 Å². The molecule has 0 atom stereocenters. The number of rotatable bonds is 4. The highest BCUT2D eigenvalue weighted by Gasteiger charge is 2.05. The average Bonchev–Trinajstić information content (AvgIpc) is 2.55. The molecule has 0 unspecified atom stereocenters. The quantitative estimate of drug-likeness (QED) is 0.425. The van der Waals surface area contributed by atoms with Crippen molar-refractivity contribution in [3.8, 4) is 5.75 Å². The number of fused-ring (bicyclic) bond motifs is 1. The van der Waals surface area contributed by atoms with E-state index in [1.807, 2.05) is 24.3 Å². The number of hydrogen-bond acceptors (Lipinski definition) is 5. The Morgan fingerprint density at radius 1 is 1.22 bits per heavy atom. The standard InChI is InChI=1S/C17H14ClN3O2/c1-23-20-10-11-8-13(3-5-17(11)22)21-15-6-7-19-16-9-12(18)2-4-14(15)16/h2-10,22H,1H3,(H,19,21)/b20-10+. The Morgan fingerprint density at radius 3 is 2.91 bits per heavy atom. The number of aromatic nitrogens is 1. The van der Waals surface area contributed by atoms with Crippen molar-refractivity contribution in [3.05, 3.63) is 59.2 Å². The molecular formula is C17H14ClN3O2. The Morgan fingerprint density at radius 2 is 2.09 bits per heavy atom. The Kier molecular flexibility index (Phi) is 4.30. The third kappa shape index (κ3) is 3.35. The minimum absolute atomic E-state index is 0.128. The number of phenols is 1. The van der Waals surface area contributed by atoms with Gasteiger partial charge in [0.25, 0.3) is 0 Å². The molecule has 2 N–H and O–H groups in total. The molecule has 0 spiro atoms. The third-order valence-corrected chi connectivity index (χ3v) is 3.54.